The molecule has 3 heteroatoms. The van der Waals surface area contributed by atoms with Gasteiger partial charge in [0.05, 0.1) is 0 Å². The van der Waals surface area contributed by atoms with Gasteiger partial charge in [-0.3, -0.25) is 9.69 Å². The highest BCUT2D eigenvalue weighted by Gasteiger charge is 2.39. The van der Waals surface area contributed by atoms with Crippen LogP contribution in [0.2, 0.25) is 0 Å². The van der Waals surface area contributed by atoms with Crippen molar-refractivity contribution in [2.75, 3.05) is 13.1 Å². The van der Waals surface area contributed by atoms with Crippen molar-refractivity contribution in [1.29, 1.82) is 0 Å². The van der Waals surface area contributed by atoms with Gasteiger partial charge in [0.25, 0.3) is 0 Å². The van der Waals surface area contributed by atoms with Crippen LogP contribution < -0.4 is 0 Å². The molecular weight excluding hydrogens is 178 g/mol. The molecule has 1 aliphatic rings. The summed E-state index contributed by atoms with van der Waals surface area (Å²) >= 11 is 0. The Labute approximate surface area is 83.0 Å². The maximum absolute atomic E-state index is 10.5. The minimum absolute atomic E-state index is 0.223. The first-order chi connectivity index (χ1) is 6.77. The van der Waals surface area contributed by atoms with Crippen LogP contribution in [0.25, 0.3) is 0 Å². The van der Waals surface area contributed by atoms with E-state index in [9.17, 15) is 4.79 Å². The quantitative estimate of drug-likeness (QED) is 0.722. The molecule has 1 aliphatic heterocycles. The minimum Gasteiger partial charge on any atom is -0.480 e. The number of nitrogens with zero attached hydrogens (tertiary/aromatic N) is 1. The Morgan fingerprint density at radius 1 is 1.43 bits per heavy atom. The number of benzene rings is 1. The van der Waals surface area contributed by atoms with Crippen molar-refractivity contribution < 1.29 is 9.90 Å². The van der Waals surface area contributed by atoms with Crippen LogP contribution in [0.15, 0.2) is 30.3 Å². The van der Waals surface area contributed by atoms with Gasteiger partial charge in [-0.05, 0) is 12.0 Å². The smallest absolute Gasteiger partial charge is 0.322 e. The molecule has 1 N–H and O–H groups in total. The monoisotopic (exact) mass is 191 g/mol. The predicted molar refractivity (Wildman–Crippen MR) is 53.1 cm³/mol. The summed E-state index contributed by atoms with van der Waals surface area (Å²) in [6.45, 7) is 1.56. The lowest BCUT2D eigenvalue weighted by atomic mass is 10.1. The summed E-state index contributed by atoms with van der Waals surface area (Å²) in [4.78, 5) is 12.5. The number of carboxylic acid groups (broad SMARTS) is 1. The normalized spacial score (nSPS) is 24.6. The maximum atomic E-state index is 10.5. The molecule has 1 aromatic carbocycles. The molecule has 0 amide bonds. The van der Waals surface area contributed by atoms with Crippen LogP contribution in [0.1, 0.15) is 5.56 Å². The van der Waals surface area contributed by atoms with E-state index in [1.165, 1.54) is 5.56 Å². The van der Waals surface area contributed by atoms with Gasteiger partial charge in [-0.25, -0.2) is 0 Å². The molecule has 0 bridgehead atoms. The van der Waals surface area contributed by atoms with Crippen molar-refractivity contribution >= 4 is 5.97 Å². The number of aliphatic carboxylic acids is 1. The van der Waals surface area contributed by atoms with E-state index in [1.54, 1.807) is 0 Å². The molecule has 0 aliphatic carbocycles. The van der Waals surface area contributed by atoms with Gasteiger partial charge in [0.15, 0.2) is 0 Å². The van der Waals surface area contributed by atoms with Crippen LogP contribution in [-0.4, -0.2) is 35.1 Å². The standard InChI is InChI=1S/C11H13NO2/c13-11(14)10-8-12(10)7-6-9-4-2-1-3-5-9/h1-5,10H,6-8H2,(H,13,14)/t10-,12?/m0/s1. The van der Waals surface area contributed by atoms with Gasteiger partial charge in [0.1, 0.15) is 6.04 Å². The first-order valence-electron chi connectivity index (χ1n) is 4.78. The first-order valence-corrected chi connectivity index (χ1v) is 4.78. The highest BCUT2D eigenvalue weighted by molar-refractivity contribution is 5.76. The van der Waals surface area contributed by atoms with Crippen molar-refractivity contribution in [3.05, 3.63) is 35.9 Å². The minimum atomic E-state index is -0.696. The molecule has 1 unspecified atom stereocenters. The van der Waals surface area contributed by atoms with Gasteiger partial charge >= 0.3 is 5.97 Å². The van der Waals surface area contributed by atoms with Gasteiger partial charge in [-0.15, -0.1) is 0 Å². The van der Waals surface area contributed by atoms with E-state index in [0.717, 1.165) is 13.0 Å². The van der Waals surface area contributed by atoms with Gasteiger partial charge in [-0.2, -0.15) is 0 Å². The Morgan fingerprint density at radius 3 is 2.71 bits per heavy atom. The number of carboxylic acids is 1. The van der Waals surface area contributed by atoms with E-state index in [-0.39, 0.29) is 6.04 Å². The highest BCUT2D eigenvalue weighted by Crippen LogP contribution is 2.17. The summed E-state index contributed by atoms with van der Waals surface area (Å²) in [6.07, 6.45) is 0.935. The zero-order valence-corrected chi connectivity index (χ0v) is 7.89. The van der Waals surface area contributed by atoms with Crippen LogP contribution in [0, 0.1) is 0 Å². The fourth-order valence-electron chi connectivity index (χ4n) is 1.57. The molecule has 1 saturated heterocycles. The van der Waals surface area contributed by atoms with Crippen LogP contribution in [0.5, 0.6) is 0 Å². The number of carbonyl (C=O) groups is 1. The molecule has 2 rings (SSSR count). The highest BCUT2D eigenvalue weighted by atomic mass is 16.4. The van der Waals surface area contributed by atoms with E-state index in [2.05, 4.69) is 12.1 Å². The van der Waals surface area contributed by atoms with Gasteiger partial charge in [0.2, 0.25) is 0 Å². The van der Waals surface area contributed by atoms with Crippen molar-refractivity contribution in [1.82, 2.24) is 4.90 Å². The molecule has 1 heterocycles. The fourth-order valence-corrected chi connectivity index (χ4v) is 1.57. The average Bonchev–Trinajstić information content (AvgIpc) is 2.96. The first kappa shape index (κ1) is 9.21. The third-order valence-electron chi connectivity index (χ3n) is 2.53. The third kappa shape index (κ3) is 2.12. The Balaban J connectivity index is 1.77. The zero-order valence-electron chi connectivity index (χ0n) is 7.89. The molecule has 74 valence electrons. The van der Waals surface area contributed by atoms with Crippen molar-refractivity contribution in [2.24, 2.45) is 0 Å². The van der Waals surface area contributed by atoms with Gasteiger partial charge in [-0.1, -0.05) is 30.3 Å². The Morgan fingerprint density at radius 2 is 2.14 bits per heavy atom. The molecule has 0 spiro atoms. The summed E-state index contributed by atoms with van der Waals surface area (Å²) in [5.74, 6) is -0.696. The second kappa shape index (κ2) is 3.80. The molecular formula is C11H13NO2. The Kier molecular flexibility index (Phi) is 2.50. The van der Waals surface area contributed by atoms with E-state index in [1.807, 2.05) is 23.1 Å². The lowest BCUT2D eigenvalue weighted by Crippen LogP contribution is -2.13. The van der Waals surface area contributed by atoms with Crippen LogP contribution in [0.4, 0.5) is 0 Å². The van der Waals surface area contributed by atoms with Crippen LogP contribution >= 0.6 is 0 Å². The topological polar surface area (TPSA) is 40.3 Å². The summed E-state index contributed by atoms with van der Waals surface area (Å²) < 4.78 is 0. The fraction of sp³-hybridized carbons (Fsp3) is 0.364. The number of rotatable bonds is 4. The van der Waals surface area contributed by atoms with Crippen molar-refractivity contribution in [3.8, 4) is 0 Å². The second-order valence-electron chi connectivity index (χ2n) is 3.58. The molecule has 1 aromatic rings. The van der Waals surface area contributed by atoms with Crippen molar-refractivity contribution in [2.45, 2.75) is 12.5 Å². The lowest BCUT2D eigenvalue weighted by Gasteiger charge is -2.01. The zero-order chi connectivity index (χ0) is 9.97. The summed E-state index contributed by atoms with van der Waals surface area (Å²) in [6, 6.07) is 9.91. The van der Waals surface area contributed by atoms with E-state index in [0.29, 0.717) is 6.54 Å². The number of hydrogen-bond acceptors (Lipinski definition) is 2. The Bertz CT molecular complexity index is 323. The molecule has 2 atom stereocenters. The van der Waals surface area contributed by atoms with Gasteiger partial charge < -0.3 is 5.11 Å². The summed E-state index contributed by atoms with van der Waals surface area (Å²) in [5, 5.41) is 8.68. The largest absolute Gasteiger partial charge is 0.480 e. The van der Waals surface area contributed by atoms with E-state index in [4.69, 9.17) is 5.11 Å². The molecule has 0 saturated carbocycles. The van der Waals surface area contributed by atoms with E-state index >= 15 is 0 Å². The van der Waals surface area contributed by atoms with Crippen molar-refractivity contribution in [3.63, 3.8) is 0 Å². The Hall–Kier alpha value is -1.35. The third-order valence-corrected chi connectivity index (χ3v) is 2.53. The van der Waals surface area contributed by atoms with Crippen LogP contribution in [-0.2, 0) is 11.2 Å². The number of hydrogen-bond donors (Lipinski definition) is 1. The molecule has 3 nitrogen and oxygen atoms in total. The second-order valence-corrected chi connectivity index (χ2v) is 3.58. The molecule has 0 radical (unpaired) electrons. The summed E-state index contributed by atoms with van der Waals surface area (Å²) in [5.41, 5.74) is 1.27. The maximum Gasteiger partial charge on any atom is 0.322 e. The average molecular weight is 191 g/mol. The molecule has 14 heavy (non-hydrogen) atoms. The van der Waals surface area contributed by atoms with Crippen LogP contribution in [0.3, 0.4) is 0 Å². The molecule has 1 fully saturated rings. The SMILES string of the molecule is O=C(O)[C@@H]1CN1CCc1ccccc1. The van der Waals surface area contributed by atoms with E-state index < -0.39 is 5.97 Å². The van der Waals surface area contributed by atoms with Gasteiger partial charge in [0, 0.05) is 13.1 Å². The predicted octanol–water partition coefficient (Wildman–Crippen LogP) is 0.998. The molecule has 0 aromatic heterocycles. The lowest BCUT2D eigenvalue weighted by molar-refractivity contribution is -0.137. The summed E-state index contributed by atoms with van der Waals surface area (Å²) in [7, 11) is 0.